The van der Waals surface area contributed by atoms with Crippen LogP contribution in [0.3, 0.4) is 0 Å². The fourth-order valence-corrected chi connectivity index (χ4v) is 2.36. The smallest absolute Gasteiger partial charge is 0.229 e. The van der Waals surface area contributed by atoms with E-state index in [4.69, 9.17) is 0 Å². The van der Waals surface area contributed by atoms with E-state index in [-0.39, 0.29) is 17.7 Å². The summed E-state index contributed by atoms with van der Waals surface area (Å²) >= 11 is 0. The van der Waals surface area contributed by atoms with E-state index >= 15 is 0 Å². The van der Waals surface area contributed by atoms with Crippen molar-refractivity contribution in [3.05, 3.63) is 43.0 Å². The molecule has 1 aliphatic rings. The second-order valence-corrected chi connectivity index (χ2v) is 5.05. The average Bonchev–Trinajstić information content (AvgIpc) is 3.02. The first-order valence-electron chi connectivity index (χ1n) is 6.88. The zero-order chi connectivity index (χ0) is 14.7. The number of benzene rings is 1. The molecular weight excluding hydrogens is 268 g/mol. The van der Waals surface area contributed by atoms with E-state index in [0.29, 0.717) is 19.4 Å². The van der Waals surface area contributed by atoms with Gasteiger partial charge in [-0.05, 0) is 24.6 Å². The molecule has 0 radical (unpaired) electrons. The van der Waals surface area contributed by atoms with E-state index in [1.807, 2.05) is 35.0 Å². The van der Waals surface area contributed by atoms with Crippen LogP contribution in [0.1, 0.15) is 12.8 Å². The summed E-state index contributed by atoms with van der Waals surface area (Å²) < 4.78 is 1.87. The van der Waals surface area contributed by atoms with Crippen molar-refractivity contribution in [3.8, 4) is 5.69 Å². The predicted octanol–water partition coefficient (Wildman–Crippen LogP) is 1.34. The van der Waals surface area contributed by atoms with Gasteiger partial charge in [-0.2, -0.15) is 0 Å². The molecule has 0 aliphatic carbocycles. The Labute approximate surface area is 122 Å². The summed E-state index contributed by atoms with van der Waals surface area (Å²) in [5.74, 6) is -0.210. The van der Waals surface area contributed by atoms with Crippen LogP contribution in [-0.4, -0.2) is 27.9 Å². The van der Waals surface area contributed by atoms with E-state index in [9.17, 15) is 9.59 Å². The highest BCUT2D eigenvalue weighted by atomic mass is 16.2. The van der Waals surface area contributed by atoms with Crippen molar-refractivity contribution in [2.75, 3.05) is 11.9 Å². The zero-order valence-corrected chi connectivity index (χ0v) is 11.5. The number of carbonyl (C=O) groups excluding carboxylic acids is 2. The van der Waals surface area contributed by atoms with Crippen molar-refractivity contribution in [2.24, 2.45) is 5.92 Å². The Morgan fingerprint density at radius 1 is 1.43 bits per heavy atom. The average molecular weight is 284 g/mol. The molecule has 108 valence electrons. The number of hydrogen-bond acceptors (Lipinski definition) is 3. The molecule has 1 aromatic carbocycles. The lowest BCUT2D eigenvalue weighted by Gasteiger charge is -2.21. The van der Waals surface area contributed by atoms with Crippen LogP contribution in [-0.2, 0) is 9.59 Å². The Hall–Kier alpha value is -2.63. The second-order valence-electron chi connectivity index (χ2n) is 5.05. The fraction of sp³-hybridized carbons (Fsp3) is 0.267. The second kappa shape index (κ2) is 5.78. The van der Waals surface area contributed by atoms with Gasteiger partial charge in [0, 0.05) is 36.7 Å². The molecule has 6 heteroatoms. The minimum Gasteiger partial charge on any atom is -0.355 e. The molecule has 0 spiro atoms. The molecule has 2 amide bonds. The van der Waals surface area contributed by atoms with Gasteiger partial charge in [0.1, 0.15) is 0 Å². The number of nitrogens with zero attached hydrogens (tertiary/aromatic N) is 2. The van der Waals surface area contributed by atoms with Crippen molar-refractivity contribution in [1.82, 2.24) is 14.9 Å². The first-order valence-corrected chi connectivity index (χ1v) is 6.88. The topological polar surface area (TPSA) is 76.0 Å². The summed E-state index contributed by atoms with van der Waals surface area (Å²) in [7, 11) is 0. The largest absolute Gasteiger partial charge is 0.355 e. The van der Waals surface area contributed by atoms with Gasteiger partial charge in [0.15, 0.2) is 0 Å². The van der Waals surface area contributed by atoms with Crippen LogP contribution < -0.4 is 10.6 Å². The molecular formula is C15H16N4O2. The molecule has 1 unspecified atom stereocenters. The minimum atomic E-state index is -0.167. The van der Waals surface area contributed by atoms with Crippen molar-refractivity contribution in [3.63, 3.8) is 0 Å². The molecule has 1 aromatic heterocycles. The SMILES string of the molecule is O=C1CCC(C(=O)Nc2cccc(-n3ccnc3)c2)CN1. The lowest BCUT2D eigenvalue weighted by Crippen LogP contribution is -2.40. The molecule has 21 heavy (non-hydrogen) atoms. The molecule has 1 atom stereocenters. The van der Waals surface area contributed by atoms with Gasteiger partial charge in [0.2, 0.25) is 11.8 Å². The molecule has 1 fully saturated rings. The first-order chi connectivity index (χ1) is 10.2. The number of hydrogen-bond donors (Lipinski definition) is 2. The lowest BCUT2D eigenvalue weighted by molar-refractivity contribution is -0.126. The monoisotopic (exact) mass is 284 g/mol. The van der Waals surface area contributed by atoms with E-state index in [0.717, 1.165) is 11.4 Å². The van der Waals surface area contributed by atoms with Crippen molar-refractivity contribution in [1.29, 1.82) is 0 Å². The maximum Gasteiger partial charge on any atom is 0.229 e. The number of amides is 2. The highest BCUT2D eigenvalue weighted by Gasteiger charge is 2.24. The van der Waals surface area contributed by atoms with Crippen LogP contribution in [0.2, 0.25) is 0 Å². The molecule has 1 saturated heterocycles. The van der Waals surface area contributed by atoms with Gasteiger partial charge in [-0.3, -0.25) is 9.59 Å². The summed E-state index contributed by atoms with van der Waals surface area (Å²) in [6, 6.07) is 7.56. The Morgan fingerprint density at radius 3 is 3.05 bits per heavy atom. The van der Waals surface area contributed by atoms with Crippen LogP contribution >= 0.6 is 0 Å². The minimum absolute atomic E-state index is 0.0150. The highest BCUT2D eigenvalue weighted by Crippen LogP contribution is 2.17. The van der Waals surface area contributed by atoms with Gasteiger partial charge in [0.25, 0.3) is 0 Å². The number of rotatable bonds is 3. The van der Waals surface area contributed by atoms with Gasteiger partial charge in [-0.25, -0.2) is 4.98 Å². The number of anilines is 1. The van der Waals surface area contributed by atoms with Gasteiger partial charge in [-0.1, -0.05) is 6.07 Å². The van der Waals surface area contributed by atoms with Crippen molar-refractivity contribution < 1.29 is 9.59 Å². The van der Waals surface area contributed by atoms with Gasteiger partial charge in [-0.15, -0.1) is 0 Å². The first kappa shape index (κ1) is 13.4. The third-order valence-electron chi connectivity index (χ3n) is 3.55. The molecule has 2 aromatic rings. The molecule has 2 N–H and O–H groups in total. The van der Waals surface area contributed by atoms with Crippen LogP contribution in [0.5, 0.6) is 0 Å². The standard InChI is InChI=1S/C15H16N4O2/c20-14-5-4-11(9-17-14)15(21)18-12-2-1-3-13(8-12)19-7-6-16-10-19/h1-3,6-8,10-11H,4-5,9H2,(H,17,20)(H,18,21). The van der Waals surface area contributed by atoms with Gasteiger partial charge >= 0.3 is 0 Å². The third kappa shape index (κ3) is 3.10. The summed E-state index contributed by atoms with van der Waals surface area (Å²) in [6.45, 7) is 0.409. The normalized spacial score (nSPS) is 18.1. The summed E-state index contributed by atoms with van der Waals surface area (Å²) in [4.78, 5) is 27.3. The Morgan fingerprint density at radius 2 is 2.33 bits per heavy atom. The Bertz CT molecular complexity index is 641. The van der Waals surface area contributed by atoms with Gasteiger partial charge < -0.3 is 15.2 Å². The highest BCUT2D eigenvalue weighted by molar-refractivity contribution is 5.94. The number of piperidine rings is 1. The number of imidazole rings is 1. The van der Waals surface area contributed by atoms with Crippen molar-refractivity contribution >= 4 is 17.5 Å². The zero-order valence-electron chi connectivity index (χ0n) is 11.5. The molecule has 0 bridgehead atoms. The molecule has 0 saturated carbocycles. The Balaban J connectivity index is 1.69. The van der Waals surface area contributed by atoms with Crippen LogP contribution in [0.15, 0.2) is 43.0 Å². The number of carbonyl (C=O) groups is 2. The Kier molecular flexibility index (Phi) is 3.68. The van der Waals surface area contributed by atoms with E-state index in [1.165, 1.54) is 0 Å². The van der Waals surface area contributed by atoms with E-state index in [1.54, 1.807) is 12.5 Å². The van der Waals surface area contributed by atoms with Crippen molar-refractivity contribution in [2.45, 2.75) is 12.8 Å². The lowest BCUT2D eigenvalue weighted by atomic mass is 9.98. The van der Waals surface area contributed by atoms with Crippen LogP contribution in [0.4, 0.5) is 5.69 Å². The number of nitrogens with one attached hydrogen (secondary N) is 2. The van der Waals surface area contributed by atoms with E-state index < -0.39 is 0 Å². The molecule has 3 rings (SSSR count). The third-order valence-corrected chi connectivity index (χ3v) is 3.55. The van der Waals surface area contributed by atoms with E-state index in [2.05, 4.69) is 15.6 Å². The number of aromatic nitrogens is 2. The van der Waals surface area contributed by atoms with Crippen LogP contribution in [0.25, 0.3) is 5.69 Å². The predicted molar refractivity (Wildman–Crippen MR) is 77.9 cm³/mol. The summed E-state index contributed by atoms with van der Waals surface area (Å²) in [6.07, 6.45) is 6.26. The maximum atomic E-state index is 12.2. The summed E-state index contributed by atoms with van der Waals surface area (Å²) in [5, 5.41) is 5.63. The maximum absolute atomic E-state index is 12.2. The molecule has 6 nitrogen and oxygen atoms in total. The molecule has 1 aliphatic heterocycles. The van der Waals surface area contributed by atoms with Gasteiger partial charge in [0.05, 0.1) is 12.2 Å². The van der Waals surface area contributed by atoms with Crippen LogP contribution in [0, 0.1) is 5.92 Å². The quantitative estimate of drug-likeness (QED) is 0.893. The molecule has 2 heterocycles. The summed E-state index contributed by atoms with van der Waals surface area (Å²) in [5.41, 5.74) is 1.67. The fourth-order valence-electron chi connectivity index (χ4n) is 2.36.